The van der Waals surface area contributed by atoms with Gasteiger partial charge in [-0.2, -0.15) is 0 Å². The van der Waals surface area contributed by atoms with Gasteiger partial charge >= 0.3 is 0 Å². The minimum absolute atomic E-state index is 0.180. The summed E-state index contributed by atoms with van der Waals surface area (Å²) in [4.78, 5) is 2.78. The molecule has 0 unspecified atom stereocenters. The molecule has 0 fully saturated rings. The molecule has 26 heavy (non-hydrogen) atoms. The number of halogens is 3. The van der Waals surface area contributed by atoms with E-state index in [1.807, 2.05) is 24.3 Å². The molecule has 0 atom stereocenters. The van der Waals surface area contributed by atoms with Crippen LogP contribution in [-0.4, -0.2) is 14.2 Å². The molecule has 3 aromatic rings. The van der Waals surface area contributed by atoms with Gasteiger partial charge in [-0.3, -0.25) is 0 Å². The molecule has 0 aliphatic rings. The minimum atomic E-state index is -0.560. The number of hydrogen-bond acceptors (Lipinski definition) is 2. The molecule has 0 aliphatic heterocycles. The standard InChI is InChI=1S/C20H16F2IO2S/c1-24-19-11-15(7-9-17(19)21)26(14-5-3-13(23)4-6-14)16-8-10-18(22)20(12-16)25-2/h3-12H,1-2H3/q+1. The zero-order chi connectivity index (χ0) is 18.7. The Kier molecular flexibility index (Phi) is 6.03. The van der Waals surface area contributed by atoms with Crippen molar-refractivity contribution < 1.29 is 18.3 Å². The molecule has 3 rings (SSSR count). The minimum Gasteiger partial charge on any atom is -0.493 e. The summed E-state index contributed by atoms with van der Waals surface area (Å²) < 4.78 is 39.1. The van der Waals surface area contributed by atoms with Crippen LogP contribution in [0.2, 0.25) is 0 Å². The number of rotatable bonds is 5. The molecule has 6 heteroatoms. The van der Waals surface area contributed by atoms with Crippen LogP contribution in [0.25, 0.3) is 0 Å². The van der Waals surface area contributed by atoms with Crippen LogP contribution in [0.15, 0.2) is 75.4 Å². The number of ether oxygens (including phenoxy) is 2. The van der Waals surface area contributed by atoms with Crippen molar-refractivity contribution in [1.82, 2.24) is 0 Å². The predicted octanol–water partition coefficient (Wildman–Crippen LogP) is 5.68. The number of methoxy groups -OCH3 is 2. The van der Waals surface area contributed by atoms with Gasteiger partial charge in [-0.1, -0.05) is 0 Å². The van der Waals surface area contributed by atoms with E-state index >= 15 is 0 Å². The Hall–Kier alpha value is -1.80. The van der Waals surface area contributed by atoms with Crippen LogP contribution in [0, 0.1) is 15.2 Å². The third kappa shape index (κ3) is 3.96. The first kappa shape index (κ1) is 19.0. The molecule has 0 aliphatic carbocycles. The molecule has 0 bridgehead atoms. The summed E-state index contributed by atoms with van der Waals surface area (Å²) >= 11 is 2.24. The zero-order valence-corrected chi connectivity index (χ0v) is 17.1. The molecule has 0 heterocycles. The maximum Gasteiger partial charge on any atom is 0.170 e. The molecule has 0 saturated carbocycles. The summed E-state index contributed by atoms with van der Waals surface area (Å²) in [6.07, 6.45) is 0. The fraction of sp³-hybridized carbons (Fsp3) is 0.100. The van der Waals surface area contributed by atoms with Crippen LogP contribution in [-0.2, 0) is 10.9 Å². The summed E-state index contributed by atoms with van der Waals surface area (Å²) in [7, 11) is 2.31. The van der Waals surface area contributed by atoms with E-state index in [1.165, 1.54) is 26.4 Å². The van der Waals surface area contributed by atoms with Gasteiger partial charge < -0.3 is 9.47 Å². The first-order chi connectivity index (χ1) is 12.5. The maximum atomic E-state index is 13.9. The highest BCUT2D eigenvalue weighted by Crippen LogP contribution is 2.36. The summed E-state index contributed by atoms with van der Waals surface area (Å²) in [5, 5.41) is 0. The van der Waals surface area contributed by atoms with Crippen LogP contribution in [0.4, 0.5) is 8.78 Å². The monoisotopic (exact) mass is 485 g/mol. The van der Waals surface area contributed by atoms with Gasteiger partial charge in [0.05, 0.1) is 25.1 Å². The van der Waals surface area contributed by atoms with E-state index < -0.39 is 22.5 Å². The molecule has 134 valence electrons. The SMILES string of the molecule is COc1cc([S+](c2ccc(I)cc2)c2ccc(F)c(OC)c2)ccc1F. The lowest BCUT2D eigenvalue weighted by atomic mass is 10.3. The van der Waals surface area contributed by atoms with Crippen LogP contribution in [0.3, 0.4) is 0 Å². The van der Waals surface area contributed by atoms with Gasteiger partial charge in [-0.05, 0) is 71.1 Å². The van der Waals surface area contributed by atoms with E-state index in [1.54, 1.807) is 24.3 Å². The van der Waals surface area contributed by atoms with Gasteiger partial charge in [-0.15, -0.1) is 0 Å². The lowest BCUT2D eigenvalue weighted by Crippen LogP contribution is -2.06. The van der Waals surface area contributed by atoms with Crippen molar-refractivity contribution in [3.05, 3.63) is 75.9 Å². The molecule has 0 aromatic heterocycles. The smallest absolute Gasteiger partial charge is 0.170 e. The van der Waals surface area contributed by atoms with Crippen LogP contribution in [0.5, 0.6) is 11.5 Å². The Balaban J connectivity index is 2.18. The second kappa shape index (κ2) is 8.26. The highest BCUT2D eigenvalue weighted by Gasteiger charge is 2.31. The average Bonchev–Trinajstić information content (AvgIpc) is 2.66. The first-order valence-electron chi connectivity index (χ1n) is 7.70. The van der Waals surface area contributed by atoms with Gasteiger partial charge in [-0.25, -0.2) is 8.78 Å². The van der Waals surface area contributed by atoms with Crippen molar-refractivity contribution in [2.75, 3.05) is 14.2 Å². The van der Waals surface area contributed by atoms with Gasteiger partial charge in [0.1, 0.15) is 0 Å². The van der Waals surface area contributed by atoms with Crippen molar-refractivity contribution in [3.8, 4) is 11.5 Å². The quantitative estimate of drug-likeness (QED) is 0.342. The first-order valence-corrected chi connectivity index (χ1v) is 10.0. The Labute approximate surface area is 167 Å². The molecule has 0 saturated heterocycles. The fourth-order valence-electron chi connectivity index (χ4n) is 2.51. The molecular weight excluding hydrogens is 469 g/mol. The lowest BCUT2D eigenvalue weighted by molar-refractivity contribution is 0.385. The van der Waals surface area contributed by atoms with Crippen molar-refractivity contribution >= 4 is 33.5 Å². The second-order valence-corrected chi connectivity index (χ2v) is 8.63. The van der Waals surface area contributed by atoms with E-state index in [9.17, 15) is 8.78 Å². The molecular formula is C20H16F2IO2S+. The van der Waals surface area contributed by atoms with E-state index in [0.29, 0.717) is 0 Å². The summed E-state index contributed by atoms with van der Waals surface area (Å²) in [6.45, 7) is 0. The summed E-state index contributed by atoms with van der Waals surface area (Å²) in [5.74, 6) is -0.475. The topological polar surface area (TPSA) is 18.5 Å². The van der Waals surface area contributed by atoms with E-state index in [4.69, 9.17) is 9.47 Å². The van der Waals surface area contributed by atoms with Gasteiger partial charge in [0.2, 0.25) is 0 Å². The molecule has 0 N–H and O–H groups in total. The normalized spacial score (nSPS) is 10.8. The summed E-state index contributed by atoms with van der Waals surface area (Å²) in [5.41, 5.74) is 0. The predicted molar refractivity (Wildman–Crippen MR) is 107 cm³/mol. The largest absolute Gasteiger partial charge is 0.493 e. The fourth-order valence-corrected chi connectivity index (χ4v) is 4.96. The van der Waals surface area contributed by atoms with Crippen molar-refractivity contribution in [2.24, 2.45) is 0 Å². The molecule has 2 nitrogen and oxygen atoms in total. The van der Waals surface area contributed by atoms with Crippen LogP contribution in [0.1, 0.15) is 0 Å². The Morgan fingerprint density at radius 3 is 1.54 bits per heavy atom. The second-order valence-electron chi connectivity index (χ2n) is 5.35. The molecule has 0 spiro atoms. The van der Waals surface area contributed by atoms with E-state index in [0.717, 1.165) is 18.3 Å². The van der Waals surface area contributed by atoms with Crippen molar-refractivity contribution in [1.29, 1.82) is 0 Å². The van der Waals surface area contributed by atoms with E-state index in [-0.39, 0.29) is 11.5 Å². The Morgan fingerprint density at radius 2 is 1.12 bits per heavy atom. The maximum absolute atomic E-state index is 13.9. The van der Waals surface area contributed by atoms with Gasteiger partial charge in [0, 0.05) is 15.7 Å². The number of benzene rings is 3. The summed E-state index contributed by atoms with van der Waals surface area (Å²) in [6, 6.07) is 17.7. The van der Waals surface area contributed by atoms with Gasteiger partial charge in [0.15, 0.2) is 37.8 Å². The van der Waals surface area contributed by atoms with Gasteiger partial charge in [0.25, 0.3) is 0 Å². The Bertz CT molecular complexity index is 863. The van der Waals surface area contributed by atoms with Crippen molar-refractivity contribution in [2.45, 2.75) is 14.7 Å². The van der Waals surface area contributed by atoms with Crippen LogP contribution >= 0.6 is 22.6 Å². The highest BCUT2D eigenvalue weighted by molar-refractivity contribution is 14.1. The van der Waals surface area contributed by atoms with Crippen LogP contribution < -0.4 is 9.47 Å². The highest BCUT2D eigenvalue weighted by atomic mass is 127. The molecule has 3 aromatic carbocycles. The number of hydrogen-bond donors (Lipinski definition) is 0. The third-order valence-corrected chi connectivity index (χ3v) is 6.68. The van der Waals surface area contributed by atoms with E-state index in [2.05, 4.69) is 22.6 Å². The Morgan fingerprint density at radius 1 is 0.692 bits per heavy atom. The molecule has 0 amide bonds. The third-order valence-electron chi connectivity index (χ3n) is 3.77. The van der Waals surface area contributed by atoms with Crippen molar-refractivity contribution in [3.63, 3.8) is 0 Å². The average molecular weight is 485 g/mol. The zero-order valence-electron chi connectivity index (χ0n) is 14.1. The lowest BCUT2D eigenvalue weighted by Gasteiger charge is -2.11. The molecule has 0 radical (unpaired) electrons.